The van der Waals surface area contributed by atoms with Gasteiger partial charge < -0.3 is 0 Å². The van der Waals surface area contributed by atoms with Crippen molar-refractivity contribution in [2.45, 2.75) is 17.7 Å². The maximum absolute atomic E-state index is 13.8. The number of rotatable bonds is 4. The second-order valence-electron chi connectivity index (χ2n) is 5.98. The molecular weight excluding hydrogens is 413 g/mol. The molecule has 9 heteroatoms. The second kappa shape index (κ2) is 8.36. The molecule has 0 aliphatic rings. The van der Waals surface area contributed by atoms with Crippen molar-refractivity contribution in [2.75, 3.05) is 13.4 Å². The molecule has 0 saturated carbocycles. The highest BCUT2D eigenvalue weighted by molar-refractivity contribution is 7.90. The number of hydrogen-bond donors (Lipinski definition) is 0. The van der Waals surface area contributed by atoms with Gasteiger partial charge in [0.2, 0.25) is 0 Å². The van der Waals surface area contributed by atoms with E-state index in [9.17, 15) is 21.6 Å². The lowest BCUT2D eigenvalue weighted by atomic mass is 10.2. The minimum Gasteiger partial charge on any atom is -0.299 e. The number of sulfone groups is 1. The zero-order chi connectivity index (χ0) is 21.1. The Morgan fingerprint density at radius 1 is 1.07 bits per heavy atom. The Bertz CT molecular complexity index is 1060. The van der Waals surface area contributed by atoms with Gasteiger partial charge in [0.1, 0.15) is 11.5 Å². The van der Waals surface area contributed by atoms with Gasteiger partial charge in [-0.15, -0.1) is 0 Å². The van der Waals surface area contributed by atoms with Crippen molar-refractivity contribution < 1.29 is 21.6 Å². The smallest absolute Gasteiger partial charge is 0.288 e. The predicted molar refractivity (Wildman–Crippen MR) is 104 cm³/mol. The summed E-state index contributed by atoms with van der Waals surface area (Å²) in [6.07, 6.45) is 2.35. The zero-order valence-corrected chi connectivity index (χ0v) is 16.9. The van der Waals surface area contributed by atoms with Crippen molar-refractivity contribution in [2.24, 2.45) is 0 Å². The summed E-state index contributed by atoms with van der Waals surface area (Å²) < 4.78 is 61.8. The van der Waals surface area contributed by atoms with Crippen LogP contribution in [0.4, 0.5) is 13.2 Å². The van der Waals surface area contributed by atoms with Crippen LogP contribution in [0.1, 0.15) is 12.6 Å². The minimum absolute atomic E-state index is 0.145. The van der Waals surface area contributed by atoms with Crippen molar-refractivity contribution in [3.63, 3.8) is 0 Å². The van der Waals surface area contributed by atoms with Gasteiger partial charge >= 0.3 is 0 Å². The van der Waals surface area contributed by atoms with Gasteiger partial charge in [-0.05, 0) is 36.4 Å². The topological polar surface area (TPSA) is 52.0 Å². The fourth-order valence-corrected chi connectivity index (χ4v) is 3.29. The quantitative estimate of drug-likeness (QED) is 0.564. The maximum atomic E-state index is 13.8. The van der Waals surface area contributed by atoms with Crippen LogP contribution in [0.15, 0.2) is 59.6 Å². The van der Waals surface area contributed by atoms with Gasteiger partial charge in [0.15, 0.2) is 9.84 Å². The molecule has 0 aliphatic heterocycles. The van der Waals surface area contributed by atoms with E-state index in [0.29, 0.717) is 23.5 Å². The van der Waals surface area contributed by atoms with E-state index in [1.165, 1.54) is 22.9 Å². The summed E-state index contributed by atoms with van der Waals surface area (Å²) in [6.45, 7) is 0.772. The van der Waals surface area contributed by atoms with Crippen LogP contribution in [0.5, 0.6) is 0 Å². The van der Waals surface area contributed by atoms with Gasteiger partial charge in [-0.1, -0.05) is 23.7 Å². The Morgan fingerprint density at radius 3 is 2.18 bits per heavy atom. The number of aromatic nitrogens is 2. The second-order valence-corrected chi connectivity index (χ2v) is 8.44. The van der Waals surface area contributed by atoms with Crippen LogP contribution < -0.4 is 0 Å². The van der Waals surface area contributed by atoms with Crippen molar-refractivity contribution in [1.29, 1.82) is 0 Å². The summed E-state index contributed by atoms with van der Waals surface area (Å²) in [4.78, 5) is 4.22. The van der Waals surface area contributed by atoms with E-state index in [4.69, 9.17) is 11.6 Å². The summed E-state index contributed by atoms with van der Waals surface area (Å²) in [5, 5.41) is 0.453. The fourth-order valence-electron chi connectivity index (χ4n) is 2.47. The SMILES string of the molecule is CC(F)(F)c1cn(-c2ccc(S(C)(=O)=O)cc2)c(-c2cccc(Cl)c2)n1.CF. The standard InChI is InChI=1S/C18H15ClF2N2O2S.CH3F/c1-18(20,21)16-11-23(14-6-8-15(9-7-14)26(2,24)25)17(22-16)12-4-3-5-13(19)10-12;1-2/h3-11H,1-2H3;1H3. The molecule has 0 aliphatic carbocycles. The average molecular weight is 431 g/mol. The molecule has 1 aromatic heterocycles. The van der Waals surface area contributed by atoms with Crippen LogP contribution in [0.2, 0.25) is 5.02 Å². The molecule has 3 aromatic rings. The van der Waals surface area contributed by atoms with E-state index < -0.39 is 15.8 Å². The van der Waals surface area contributed by atoms with Crippen LogP contribution in [0.25, 0.3) is 17.1 Å². The molecule has 2 aromatic carbocycles. The van der Waals surface area contributed by atoms with Gasteiger partial charge in [0.25, 0.3) is 5.92 Å². The normalized spacial score (nSPS) is 11.7. The molecule has 3 rings (SSSR count). The molecule has 0 radical (unpaired) electrons. The van der Waals surface area contributed by atoms with Crippen LogP contribution in [0, 0.1) is 0 Å². The van der Waals surface area contributed by atoms with Gasteiger partial charge in [-0.3, -0.25) is 8.96 Å². The van der Waals surface area contributed by atoms with Gasteiger partial charge in [-0.25, -0.2) is 13.4 Å². The first-order chi connectivity index (χ1) is 13.1. The van der Waals surface area contributed by atoms with Crippen LogP contribution in [-0.4, -0.2) is 31.4 Å². The van der Waals surface area contributed by atoms with Gasteiger partial charge in [0, 0.05) is 35.6 Å². The molecule has 0 N–H and O–H groups in total. The number of halogens is 4. The molecule has 0 unspecified atom stereocenters. The molecule has 150 valence electrons. The first-order valence-corrected chi connectivity index (χ1v) is 10.2. The lowest BCUT2D eigenvalue weighted by molar-refractivity contribution is 0.0132. The first kappa shape index (κ1) is 22.0. The largest absolute Gasteiger partial charge is 0.299 e. The van der Waals surface area contributed by atoms with Crippen molar-refractivity contribution in [3.8, 4) is 17.1 Å². The first-order valence-electron chi connectivity index (χ1n) is 7.97. The van der Waals surface area contributed by atoms with Crippen molar-refractivity contribution in [1.82, 2.24) is 9.55 Å². The van der Waals surface area contributed by atoms with E-state index in [-0.39, 0.29) is 16.4 Å². The summed E-state index contributed by atoms with van der Waals surface area (Å²) >= 11 is 6.01. The Kier molecular flexibility index (Phi) is 6.56. The van der Waals surface area contributed by atoms with E-state index >= 15 is 0 Å². The summed E-state index contributed by atoms with van der Waals surface area (Å²) in [5.74, 6) is -2.83. The highest BCUT2D eigenvalue weighted by Crippen LogP contribution is 2.32. The van der Waals surface area contributed by atoms with E-state index in [2.05, 4.69) is 4.98 Å². The molecule has 0 fully saturated rings. The molecule has 0 bridgehead atoms. The number of nitrogens with zero attached hydrogens (tertiary/aromatic N) is 2. The van der Waals surface area contributed by atoms with Crippen LogP contribution >= 0.6 is 11.6 Å². The van der Waals surface area contributed by atoms with Gasteiger partial charge in [-0.2, -0.15) is 8.78 Å². The molecule has 4 nitrogen and oxygen atoms in total. The molecule has 0 atom stereocenters. The monoisotopic (exact) mass is 430 g/mol. The van der Waals surface area contributed by atoms with E-state index in [1.54, 1.807) is 36.4 Å². The zero-order valence-electron chi connectivity index (χ0n) is 15.3. The Morgan fingerprint density at radius 2 is 1.68 bits per heavy atom. The Balaban J connectivity index is 0.00000136. The molecule has 0 spiro atoms. The van der Waals surface area contributed by atoms with E-state index in [0.717, 1.165) is 13.2 Å². The van der Waals surface area contributed by atoms with Crippen molar-refractivity contribution >= 4 is 21.4 Å². The molecular formula is C19H18ClF3N2O2S. The highest BCUT2D eigenvalue weighted by atomic mass is 35.5. The third kappa shape index (κ3) is 4.94. The Hall–Kier alpha value is -2.32. The summed E-state index contributed by atoms with van der Waals surface area (Å²) in [6, 6.07) is 12.7. The molecule has 28 heavy (non-hydrogen) atoms. The minimum atomic E-state index is -3.35. The maximum Gasteiger partial charge on any atom is 0.288 e. The number of hydrogen-bond acceptors (Lipinski definition) is 3. The number of benzene rings is 2. The molecule has 0 saturated heterocycles. The number of imidazole rings is 1. The Labute approximate surface area is 166 Å². The molecule has 1 heterocycles. The van der Waals surface area contributed by atoms with Crippen LogP contribution in [-0.2, 0) is 15.8 Å². The van der Waals surface area contributed by atoms with Crippen molar-refractivity contribution in [3.05, 3.63) is 65.4 Å². The highest BCUT2D eigenvalue weighted by Gasteiger charge is 2.29. The molecule has 0 amide bonds. The summed E-state index contributed by atoms with van der Waals surface area (Å²) in [5.41, 5.74) is 0.690. The van der Waals surface area contributed by atoms with E-state index in [1.807, 2.05) is 0 Å². The van der Waals surface area contributed by atoms with Crippen LogP contribution in [0.3, 0.4) is 0 Å². The summed E-state index contributed by atoms with van der Waals surface area (Å²) in [7, 11) is -2.85. The number of alkyl halides is 3. The third-order valence-electron chi connectivity index (χ3n) is 3.78. The lowest BCUT2D eigenvalue weighted by Gasteiger charge is -2.09. The predicted octanol–water partition coefficient (Wildman–Crippen LogP) is 5.29. The average Bonchev–Trinajstić information content (AvgIpc) is 3.09. The van der Waals surface area contributed by atoms with Gasteiger partial charge in [0.05, 0.1) is 12.1 Å². The lowest BCUT2D eigenvalue weighted by Crippen LogP contribution is -2.07. The fraction of sp³-hybridized carbons (Fsp3) is 0.211. The third-order valence-corrected chi connectivity index (χ3v) is 5.15.